The molecule has 0 bridgehead atoms. The van der Waals surface area contributed by atoms with E-state index in [9.17, 15) is 17.2 Å². The largest absolute Gasteiger partial charge is 0.377 e. The summed E-state index contributed by atoms with van der Waals surface area (Å²) in [4.78, 5) is 3.51. The Morgan fingerprint density at radius 1 is 1.35 bits per heavy atom. The SMILES string of the molecule is Cn1cnc(CNc2ccccc2S(=O)(=O)C(F)F)n1. The number of para-hydroxylation sites is 1. The van der Waals surface area contributed by atoms with Gasteiger partial charge in [-0.15, -0.1) is 0 Å². The van der Waals surface area contributed by atoms with E-state index in [2.05, 4.69) is 15.4 Å². The predicted molar refractivity (Wildman–Crippen MR) is 68.0 cm³/mol. The number of nitrogens with one attached hydrogen (secondary N) is 1. The van der Waals surface area contributed by atoms with Crippen LogP contribution in [0.4, 0.5) is 14.5 Å². The van der Waals surface area contributed by atoms with E-state index in [0.29, 0.717) is 5.82 Å². The van der Waals surface area contributed by atoms with Gasteiger partial charge >= 0.3 is 5.76 Å². The van der Waals surface area contributed by atoms with Crippen molar-refractivity contribution in [3.8, 4) is 0 Å². The number of anilines is 1. The molecule has 0 fully saturated rings. The third kappa shape index (κ3) is 2.93. The summed E-state index contributed by atoms with van der Waals surface area (Å²) in [5.41, 5.74) is 0.0975. The van der Waals surface area contributed by atoms with E-state index in [0.717, 1.165) is 6.07 Å². The molecule has 108 valence electrons. The quantitative estimate of drug-likeness (QED) is 0.904. The van der Waals surface area contributed by atoms with Crippen LogP contribution < -0.4 is 5.32 Å². The molecule has 1 heterocycles. The molecule has 9 heteroatoms. The van der Waals surface area contributed by atoms with E-state index in [-0.39, 0.29) is 12.2 Å². The Morgan fingerprint density at radius 2 is 2.05 bits per heavy atom. The Balaban J connectivity index is 2.25. The summed E-state index contributed by atoms with van der Waals surface area (Å²) in [6.45, 7) is 0.136. The Morgan fingerprint density at radius 3 is 2.65 bits per heavy atom. The fourth-order valence-corrected chi connectivity index (χ4v) is 2.50. The van der Waals surface area contributed by atoms with Crippen molar-refractivity contribution in [2.75, 3.05) is 5.32 Å². The molecular weight excluding hydrogens is 290 g/mol. The first kappa shape index (κ1) is 14.4. The number of benzene rings is 1. The molecule has 2 rings (SSSR count). The number of sulfone groups is 1. The highest BCUT2D eigenvalue weighted by Crippen LogP contribution is 2.26. The van der Waals surface area contributed by atoms with E-state index in [1.54, 1.807) is 13.1 Å². The van der Waals surface area contributed by atoms with E-state index in [4.69, 9.17) is 0 Å². The molecule has 0 radical (unpaired) electrons. The van der Waals surface area contributed by atoms with Crippen molar-refractivity contribution in [3.05, 3.63) is 36.4 Å². The zero-order valence-corrected chi connectivity index (χ0v) is 11.3. The molecule has 20 heavy (non-hydrogen) atoms. The first-order valence-electron chi connectivity index (χ1n) is 5.60. The lowest BCUT2D eigenvalue weighted by Gasteiger charge is -2.10. The standard InChI is InChI=1S/C11H12F2N4O2S/c1-17-7-15-10(16-17)6-14-8-4-2-3-5-9(8)20(18,19)11(12)13/h2-5,7,11,14H,6H2,1H3. The second-order valence-electron chi connectivity index (χ2n) is 3.99. The van der Waals surface area contributed by atoms with Gasteiger partial charge in [-0.05, 0) is 12.1 Å². The minimum atomic E-state index is -4.65. The molecule has 0 atom stereocenters. The molecule has 0 aliphatic rings. The van der Waals surface area contributed by atoms with Crippen molar-refractivity contribution < 1.29 is 17.2 Å². The third-order valence-corrected chi connectivity index (χ3v) is 3.95. The number of alkyl halides is 2. The van der Waals surface area contributed by atoms with Gasteiger partial charge in [0, 0.05) is 7.05 Å². The first-order chi connectivity index (χ1) is 9.41. The minimum Gasteiger partial charge on any atom is -0.377 e. The van der Waals surface area contributed by atoms with E-state index < -0.39 is 20.5 Å². The van der Waals surface area contributed by atoms with Gasteiger partial charge in [-0.25, -0.2) is 13.4 Å². The van der Waals surface area contributed by atoms with Gasteiger partial charge in [0.2, 0.25) is 9.84 Å². The molecule has 1 aromatic carbocycles. The van der Waals surface area contributed by atoms with Gasteiger partial charge in [-0.3, -0.25) is 4.68 Å². The Labute approximate surface area is 114 Å². The Bertz CT molecular complexity index is 700. The van der Waals surface area contributed by atoms with Crippen LogP contribution in [-0.2, 0) is 23.4 Å². The molecule has 0 aliphatic heterocycles. The van der Waals surface area contributed by atoms with Crippen LogP contribution in [0, 0.1) is 0 Å². The molecule has 1 aromatic heterocycles. The van der Waals surface area contributed by atoms with Gasteiger partial charge in [0.1, 0.15) is 6.33 Å². The number of aromatic nitrogens is 3. The van der Waals surface area contributed by atoms with Crippen LogP contribution in [0.2, 0.25) is 0 Å². The second kappa shape index (κ2) is 5.53. The van der Waals surface area contributed by atoms with Crippen LogP contribution in [0.3, 0.4) is 0 Å². The lowest BCUT2D eigenvalue weighted by Crippen LogP contribution is -2.14. The predicted octanol–water partition coefficient (Wildman–Crippen LogP) is 1.42. The minimum absolute atomic E-state index is 0.0975. The van der Waals surface area contributed by atoms with Crippen molar-refractivity contribution in [2.24, 2.45) is 7.05 Å². The zero-order valence-electron chi connectivity index (χ0n) is 10.5. The number of rotatable bonds is 5. The normalized spacial score (nSPS) is 11.8. The Hall–Kier alpha value is -2.03. The number of hydrogen-bond donors (Lipinski definition) is 1. The summed E-state index contributed by atoms with van der Waals surface area (Å²) in [5, 5.41) is 6.75. The van der Waals surface area contributed by atoms with Crippen LogP contribution in [0.25, 0.3) is 0 Å². The average Bonchev–Trinajstić information content (AvgIpc) is 2.82. The molecular formula is C11H12F2N4O2S. The highest BCUT2D eigenvalue weighted by atomic mass is 32.2. The molecule has 0 spiro atoms. The molecule has 0 aliphatic carbocycles. The van der Waals surface area contributed by atoms with Crippen molar-refractivity contribution >= 4 is 15.5 Å². The summed E-state index contributed by atoms with van der Waals surface area (Å²) in [5.74, 6) is -3.03. The second-order valence-corrected chi connectivity index (χ2v) is 5.88. The van der Waals surface area contributed by atoms with Crippen LogP contribution in [0.15, 0.2) is 35.5 Å². The number of nitrogens with zero attached hydrogens (tertiary/aromatic N) is 3. The van der Waals surface area contributed by atoms with Gasteiger partial charge in [0.25, 0.3) is 0 Å². The average molecular weight is 302 g/mol. The van der Waals surface area contributed by atoms with Crippen molar-refractivity contribution in [2.45, 2.75) is 17.2 Å². The van der Waals surface area contributed by atoms with Crippen molar-refractivity contribution in [1.29, 1.82) is 0 Å². The monoisotopic (exact) mass is 302 g/mol. The summed E-state index contributed by atoms with van der Waals surface area (Å²) >= 11 is 0. The summed E-state index contributed by atoms with van der Waals surface area (Å²) in [6.07, 6.45) is 1.48. The highest BCUT2D eigenvalue weighted by molar-refractivity contribution is 7.91. The van der Waals surface area contributed by atoms with Gasteiger partial charge in [0.15, 0.2) is 5.82 Å². The van der Waals surface area contributed by atoms with E-state index >= 15 is 0 Å². The van der Waals surface area contributed by atoms with Crippen LogP contribution >= 0.6 is 0 Å². The highest BCUT2D eigenvalue weighted by Gasteiger charge is 2.28. The molecule has 2 aromatic rings. The fourth-order valence-electron chi connectivity index (χ4n) is 1.60. The molecule has 0 saturated carbocycles. The summed E-state index contributed by atoms with van der Waals surface area (Å²) < 4.78 is 49.8. The third-order valence-electron chi connectivity index (χ3n) is 2.51. The molecule has 0 saturated heterocycles. The molecule has 1 N–H and O–H groups in total. The van der Waals surface area contributed by atoms with Crippen molar-refractivity contribution in [1.82, 2.24) is 14.8 Å². The Kier molecular flexibility index (Phi) is 3.98. The lowest BCUT2D eigenvalue weighted by molar-refractivity contribution is 0.235. The summed E-state index contributed by atoms with van der Waals surface area (Å²) in [7, 11) is -2.96. The van der Waals surface area contributed by atoms with Crippen LogP contribution in [0.5, 0.6) is 0 Å². The molecule has 0 amide bonds. The van der Waals surface area contributed by atoms with Crippen LogP contribution in [0.1, 0.15) is 5.82 Å². The summed E-state index contributed by atoms with van der Waals surface area (Å²) in [6, 6.07) is 5.49. The number of aryl methyl sites for hydroxylation is 1. The lowest BCUT2D eigenvalue weighted by atomic mass is 10.3. The van der Waals surface area contributed by atoms with Gasteiger partial charge in [0.05, 0.1) is 17.1 Å². The topological polar surface area (TPSA) is 76.9 Å². The maximum absolute atomic E-state index is 12.6. The maximum Gasteiger partial charge on any atom is 0.341 e. The van der Waals surface area contributed by atoms with E-state index in [1.165, 1.54) is 23.1 Å². The van der Waals surface area contributed by atoms with Crippen molar-refractivity contribution in [3.63, 3.8) is 0 Å². The number of halogens is 2. The smallest absolute Gasteiger partial charge is 0.341 e. The van der Waals surface area contributed by atoms with Gasteiger partial charge < -0.3 is 5.32 Å². The first-order valence-corrected chi connectivity index (χ1v) is 7.15. The molecule has 6 nitrogen and oxygen atoms in total. The maximum atomic E-state index is 12.6. The van der Waals surface area contributed by atoms with Gasteiger partial charge in [-0.2, -0.15) is 13.9 Å². The number of hydrogen-bond acceptors (Lipinski definition) is 5. The molecule has 0 unspecified atom stereocenters. The fraction of sp³-hybridized carbons (Fsp3) is 0.273. The van der Waals surface area contributed by atoms with Gasteiger partial charge in [-0.1, -0.05) is 12.1 Å². The van der Waals surface area contributed by atoms with Crippen LogP contribution in [-0.4, -0.2) is 28.9 Å². The van der Waals surface area contributed by atoms with E-state index in [1.807, 2.05) is 0 Å². The zero-order chi connectivity index (χ0) is 14.8.